The van der Waals surface area contributed by atoms with Crippen molar-refractivity contribution in [3.8, 4) is 16.9 Å². The number of aromatic nitrogens is 3. The number of hydrogen-bond acceptors (Lipinski definition) is 4. The van der Waals surface area contributed by atoms with Gasteiger partial charge in [-0.2, -0.15) is 9.61 Å². The van der Waals surface area contributed by atoms with Crippen molar-refractivity contribution in [2.75, 3.05) is 18.6 Å². The molecule has 4 aromatic rings. The minimum absolute atomic E-state index is 0.645. The highest BCUT2D eigenvalue weighted by atomic mass is 35.5. The van der Waals surface area contributed by atoms with Crippen molar-refractivity contribution in [3.05, 3.63) is 75.6 Å². The molecule has 2 aromatic heterocycles. The molecule has 34 heavy (non-hydrogen) atoms. The van der Waals surface area contributed by atoms with Gasteiger partial charge in [0, 0.05) is 29.9 Å². The summed E-state index contributed by atoms with van der Waals surface area (Å²) in [5.74, 6) is 1.92. The zero-order chi connectivity index (χ0) is 23.8. The highest BCUT2D eigenvalue weighted by Gasteiger charge is 2.27. The average Bonchev–Trinajstić information content (AvgIpc) is 3.42. The lowest BCUT2D eigenvalue weighted by Crippen LogP contribution is -2.27. The van der Waals surface area contributed by atoms with Gasteiger partial charge in [0.15, 0.2) is 5.65 Å². The topological polar surface area (TPSA) is 42.7 Å². The fraction of sp³-hybridized carbons (Fsp3) is 0.357. The Morgan fingerprint density at radius 3 is 2.59 bits per heavy atom. The van der Waals surface area contributed by atoms with E-state index >= 15 is 0 Å². The second-order valence-corrected chi connectivity index (χ2v) is 9.57. The molecule has 0 aliphatic heterocycles. The second kappa shape index (κ2) is 9.30. The molecule has 0 atom stereocenters. The molecule has 2 heterocycles. The van der Waals surface area contributed by atoms with Crippen molar-refractivity contribution in [3.63, 3.8) is 0 Å². The minimum Gasteiger partial charge on any atom is -0.497 e. The maximum atomic E-state index is 6.71. The van der Waals surface area contributed by atoms with Crippen molar-refractivity contribution in [1.29, 1.82) is 0 Å². The molecule has 5 nitrogen and oxygen atoms in total. The van der Waals surface area contributed by atoms with E-state index in [2.05, 4.69) is 47.5 Å². The summed E-state index contributed by atoms with van der Waals surface area (Å²) >= 11 is 6.71. The minimum atomic E-state index is 0.645. The average molecular weight is 475 g/mol. The van der Waals surface area contributed by atoms with Crippen molar-refractivity contribution in [1.82, 2.24) is 14.6 Å². The molecule has 176 valence electrons. The molecule has 1 aliphatic rings. The number of fused-ring (bicyclic) bond motifs is 2. The van der Waals surface area contributed by atoms with Crippen LogP contribution < -0.4 is 9.64 Å². The molecular formula is C28H31ClN4O. The molecule has 1 aliphatic carbocycles. The van der Waals surface area contributed by atoms with Gasteiger partial charge in [-0.15, -0.1) is 0 Å². The van der Waals surface area contributed by atoms with Gasteiger partial charge in [-0.1, -0.05) is 48.4 Å². The smallest absolute Gasteiger partial charge is 0.165 e. The molecule has 0 saturated carbocycles. The lowest BCUT2D eigenvalue weighted by Gasteiger charge is -2.27. The van der Waals surface area contributed by atoms with Crippen molar-refractivity contribution in [2.24, 2.45) is 0 Å². The van der Waals surface area contributed by atoms with Gasteiger partial charge < -0.3 is 9.64 Å². The Morgan fingerprint density at radius 2 is 1.88 bits per heavy atom. The first-order chi connectivity index (χ1) is 16.5. The first-order valence-corrected chi connectivity index (χ1v) is 12.4. The molecule has 2 aromatic carbocycles. The zero-order valence-corrected chi connectivity index (χ0v) is 21.1. The summed E-state index contributed by atoms with van der Waals surface area (Å²) in [6, 6.07) is 14.6. The molecule has 0 N–H and O–H groups in total. The third-order valence-corrected chi connectivity index (χ3v) is 6.98. The van der Waals surface area contributed by atoms with Gasteiger partial charge in [0.2, 0.25) is 0 Å². The third kappa shape index (κ3) is 4.03. The summed E-state index contributed by atoms with van der Waals surface area (Å²) < 4.78 is 7.43. The normalized spacial score (nSPS) is 12.9. The van der Waals surface area contributed by atoms with E-state index in [4.69, 9.17) is 26.4 Å². The quantitative estimate of drug-likeness (QED) is 0.303. The van der Waals surface area contributed by atoms with E-state index in [1.54, 1.807) is 7.11 Å². The predicted octanol–water partition coefficient (Wildman–Crippen LogP) is 6.58. The van der Waals surface area contributed by atoms with Crippen LogP contribution in [0.1, 0.15) is 47.8 Å². The lowest BCUT2D eigenvalue weighted by atomic mass is 10.1. The van der Waals surface area contributed by atoms with Crippen LogP contribution in [0.25, 0.3) is 16.8 Å². The molecular weight excluding hydrogens is 444 g/mol. The number of anilines is 1. The number of aryl methyl sites for hydroxylation is 3. The lowest BCUT2D eigenvalue weighted by molar-refractivity contribution is 0.415. The Balaban J connectivity index is 1.70. The standard InChI is InChI=1S/C28H31ClN4O/c1-5-15-32(17-20-11-9-18(2)10-12-20)28-23-7-6-8-25(23)30-27-26(19(3)31-33(27)28)22-14-13-21(34-4)16-24(22)29/h9-14,16H,5-8,15,17H2,1-4H3. The van der Waals surface area contributed by atoms with Gasteiger partial charge in [-0.05, 0) is 63.3 Å². The van der Waals surface area contributed by atoms with Crippen molar-refractivity contribution in [2.45, 2.75) is 53.0 Å². The second-order valence-electron chi connectivity index (χ2n) is 9.16. The van der Waals surface area contributed by atoms with Crippen LogP contribution in [0.2, 0.25) is 5.02 Å². The first kappa shape index (κ1) is 22.7. The van der Waals surface area contributed by atoms with Gasteiger partial charge in [-0.25, -0.2) is 4.98 Å². The van der Waals surface area contributed by atoms with E-state index in [0.717, 1.165) is 67.0 Å². The maximum absolute atomic E-state index is 6.71. The van der Waals surface area contributed by atoms with Gasteiger partial charge in [0.25, 0.3) is 0 Å². The summed E-state index contributed by atoms with van der Waals surface area (Å²) in [5, 5.41) is 5.68. The Hall–Kier alpha value is -3.05. The number of ether oxygens (including phenoxy) is 1. The van der Waals surface area contributed by atoms with E-state index in [0.29, 0.717) is 5.02 Å². The number of methoxy groups -OCH3 is 1. The SMILES string of the molecule is CCCN(Cc1ccc(C)cc1)c1c2c(nc3c(-c4ccc(OC)cc4Cl)c(C)nn13)CCC2. The molecule has 5 rings (SSSR count). The van der Waals surface area contributed by atoms with E-state index in [9.17, 15) is 0 Å². The van der Waals surface area contributed by atoms with Gasteiger partial charge in [-0.3, -0.25) is 0 Å². The summed E-state index contributed by atoms with van der Waals surface area (Å²) in [6.45, 7) is 8.21. The molecule has 0 radical (unpaired) electrons. The Labute approximate surface area is 206 Å². The van der Waals surface area contributed by atoms with E-state index in [1.807, 2.05) is 25.1 Å². The zero-order valence-electron chi connectivity index (χ0n) is 20.4. The number of benzene rings is 2. The van der Waals surface area contributed by atoms with E-state index in [-0.39, 0.29) is 0 Å². The van der Waals surface area contributed by atoms with Crippen molar-refractivity contribution >= 4 is 23.1 Å². The fourth-order valence-electron chi connectivity index (χ4n) is 5.02. The predicted molar refractivity (Wildman–Crippen MR) is 139 cm³/mol. The van der Waals surface area contributed by atoms with Gasteiger partial charge >= 0.3 is 0 Å². The van der Waals surface area contributed by atoms with Crippen LogP contribution in [-0.2, 0) is 19.4 Å². The molecule has 0 saturated heterocycles. The number of hydrogen-bond donors (Lipinski definition) is 0. The monoisotopic (exact) mass is 474 g/mol. The molecule has 0 amide bonds. The molecule has 6 heteroatoms. The summed E-state index contributed by atoms with van der Waals surface area (Å²) in [6.07, 6.45) is 4.23. The van der Waals surface area contributed by atoms with Gasteiger partial charge in [0.1, 0.15) is 11.6 Å². The molecule has 0 bridgehead atoms. The Bertz CT molecular complexity index is 1340. The number of halogens is 1. The van der Waals surface area contributed by atoms with Gasteiger partial charge in [0.05, 0.1) is 23.4 Å². The van der Waals surface area contributed by atoms with E-state index < -0.39 is 0 Å². The highest BCUT2D eigenvalue weighted by molar-refractivity contribution is 6.33. The molecule has 0 spiro atoms. The number of nitrogens with zero attached hydrogens (tertiary/aromatic N) is 4. The maximum Gasteiger partial charge on any atom is 0.165 e. The van der Waals surface area contributed by atoms with Crippen LogP contribution in [0.15, 0.2) is 42.5 Å². The van der Waals surface area contributed by atoms with Crippen LogP contribution in [0, 0.1) is 13.8 Å². The van der Waals surface area contributed by atoms with Crippen LogP contribution in [-0.4, -0.2) is 28.3 Å². The Kier molecular flexibility index (Phi) is 6.22. The largest absolute Gasteiger partial charge is 0.497 e. The summed E-state index contributed by atoms with van der Waals surface area (Å²) in [5.41, 5.74) is 8.85. The number of rotatable bonds is 7. The molecule has 0 unspecified atom stereocenters. The highest BCUT2D eigenvalue weighted by Crippen LogP contribution is 2.39. The van der Waals surface area contributed by atoms with E-state index in [1.165, 1.54) is 28.2 Å². The first-order valence-electron chi connectivity index (χ1n) is 12.1. The van der Waals surface area contributed by atoms with Crippen molar-refractivity contribution < 1.29 is 4.74 Å². The summed E-state index contributed by atoms with van der Waals surface area (Å²) in [4.78, 5) is 7.62. The summed E-state index contributed by atoms with van der Waals surface area (Å²) in [7, 11) is 1.65. The van der Waals surface area contributed by atoms with Crippen LogP contribution in [0.3, 0.4) is 0 Å². The van der Waals surface area contributed by atoms with Crippen LogP contribution >= 0.6 is 11.6 Å². The third-order valence-electron chi connectivity index (χ3n) is 6.67. The van der Waals surface area contributed by atoms with Crippen LogP contribution in [0.4, 0.5) is 5.82 Å². The Morgan fingerprint density at radius 1 is 1.09 bits per heavy atom. The fourth-order valence-corrected chi connectivity index (χ4v) is 5.29. The molecule has 0 fully saturated rings. The van der Waals surface area contributed by atoms with Crippen LogP contribution in [0.5, 0.6) is 5.75 Å².